The van der Waals surface area contributed by atoms with E-state index in [4.69, 9.17) is 11.6 Å². The summed E-state index contributed by atoms with van der Waals surface area (Å²) in [5.74, 6) is 0. The highest BCUT2D eigenvalue weighted by Crippen LogP contribution is 2.30. The number of benzene rings is 1. The Hall–Kier alpha value is -0.940. The molecule has 0 aliphatic carbocycles. The van der Waals surface area contributed by atoms with Crippen molar-refractivity contribution in [2.75, 3.05) is 25.5 Å². The standard InChI is InChI=1S/C12H16ClF3N2/c1-8(17-2)9-4-5-11(10(13)6-9)18(3)7-12(14,15)16/h4-6,8,17H,7H2,1-3H3. The van der Waals surface area contributed by atoms with Crippen molar-refractivity contribution in [1.29, 1.82) is 0 Å². The molecule has 0 heterocycles. The maximum Gasteiger partial charge on any atom is 0.405 e. The number of hydrogen-bond donors (Lipinski definition) is 1. The monoisotopic (exact) mass is 280 g/mol. The van der Waals surface area contributed by atoms with E-state index in [0.29, 0.717) is 10.7 Å². The molecule has 0 bridgehead atoms. The van der Waals surface area contributed by atoms with Crippen LogP contribution in [-0.4, -0.2) is 26.8 Å². The molecule has 0 saturated heterocycles. The van der Waals surface area contributed by atoms with Crippen molar-refractivity contribution >= 4 is 17.3 Å². The maximum absolute atomic E-state index is 12.3. The largest absolute Gasteiger partial charge is 0.405 e. The van der Waals surface area contributed by atoms with Crippen LogP contribution in [0.25, 0.3) is 0 Å². The van der Waals surface area contributed by atoms with E-state index in [2.05, 4.69) is 5.32 Å². The first-order valence-corrected chi connectivity index (χ1v) is 5.87. The summed E-state index contributed by atoms with van der Waals surface area (Å²) in [6.45, 7) is 0.929. The summed E-state index contributed by atoms with van der Waals surface area (Å²) < 4.78 is 36.9. The first kappa shape index (κ1) is 15.1. The van der Waals surface area contributed by atoms with Crippen LogP contribution in [0.15, 0.2) is 18.2 Å². The Morgan fingerprint density at radius 2 is 2.00 bits per heavy atom. The lowest BCUT2D eigenvalue weighted by Crippen LogP contribution is -2.31. The van der Waals surface area contributed by atoms with Crippen molar-refractivity contribution < 1.29 is 13.2 Å². The molecule has 1 aromatic carbocycles. The van der Waals surface area contributed by atoms with Crippen LogP contribution in [-0.2, 0) is 0 Å². The van der Waals surface area contributed by atoms with E-state index in [1.807, 2.05) is 14.0 Å². The molecule has 1 unspecified atom stereocenters. The Morgan fingerprint density at radius 3 is 2.44 bits per heavy atom. The lowest BCUT2D eigenvalue weighted by molar-refractivity contribution is -0.119. The van der Waals surface area contributed by atoms with Gasteiger partial charge in [-0.05, 0) is 31.7 Å². The zero-order valence-electron chi connectivity index (χ0n) is 10.5. The molecule has 1 rings (SSSR count). The SMILES string of the molecule is CNC(C)c1ccc(N(C)CC(F)(F)F)c(Cl)c1. The van der Waals surface area contributed by atoms with Gasteiger partial charge in [-0.1, -0.05) is 17.7 Å². The number of alkyl halides is 3. The number of anilines is 1. The number of rotatable bonds is 4. The van der Waals surface area contributed by atoms with E-state index in [1.54, 1.807) is 18.2 Å². The number of halogens is 4. The van der Waals surface area contributed by atoms with E-state index in [-0.39, 0.29) is 6.04 Å². The second kappa shape index (κ2) is 5.80. The van der Waals surface area contributed by atoms with Crippen LogP contribution in [0.2, 0.25) is 5.02 Å². The smallest absolute Gasteiger partial charge is 0.365 e. The molecule has 18 heavy (non-hydrogen) atoms. The molecule has 0 aliphatic rings. The minimum Gasteiger partial charge on any atom is -0.365 e. The van der Waals surface area contributed by atoms with Crippen molar-refractivity contribution in [1.82, 2.24) is 5.32 Å². The van der Waals surface area contributed by atoms with Crippen molar-refractivity contribution in [2.24, 2.45) is 0 Å². The molecule has 0 radical (unpaired) electrons. The Kier molecular flexibility index (Phi) is 4.87. The molecule has 1 aromatic rings. The van der Waals surface area contributed by atoms with E-state index >= 15 is 0 Å². The zero-order valence-corrected chi connectivity index (χ0v) is 11.2. The molecular formula is C12H16ClF3N2. The third-order valence-corrected chi connectivity index (χ3v) is 3.04. The lowest BCUT2D eigenvalue weighted by Gasteiger charge is -2.23. The van der Waals surface area contributed by atoms with Gasteiger partial charge in [-0.25, -0.2) is 0 Å². The molecule has 0 saturated carbocycles. The van der Waals surface area contributed by atoms with Crippen LogP contribution < -0.4 is 10.2 Å². The van der Waals surface area contributed by atoms with Gasteiger partial charge in [0.25, 0.3) is 0 Å². The second-order valence-corrected chi connectivity index (χ2v) is 4.60. The predicted octanol–water partition coefficient (Wildman–Crippen LogP) is 3.62. The highest BCUT2D eigenvalue weighted by Gasteiger charge is 2.30. The Balaban J connectivity index is 2.92. The maximum atomic E-state index is 12.3. The fourth-order valence-corrected chi connectivity index (χ4v) is 1.96. The molecule has 0 aliphatic heterocycles. The Morgan fingerprint density at radius 1 is 1.39 bits per heavy atom. The molecule has 0 spiro atoms. The van der Waals surface area contributed by atoms with E-state index < -0.39 is 12.7 Å². The molecule has 102 valence electrons. The van der Waals surface area contributed by atoms with Crippen molar-refractivity contribution in [2.45, 2.75) is 19.1 Å². The summed E-state index contributed by atoms with van der Waals surface area (Å²) in [7, 11) is 3.18. The first-order valence-electron chi connectivity index (χ1n) is 5.49. The molecule has 0 aromatic heterocycles. The fraction of sp³-hybridized carbons (Fsp3) is 0.500. The van der Waals surface area contributed by atoms with Crippen LogP contribution in [0.5, 0.6) is 0 Å². The highest BCUT2D eigenvalue weighted by molar-refractivity contribution is 6.33. The summed E-state index contributed by atoms with van der Waals surface area (Å²) in [5, 5.41) is 3.36. The number of hydrogen-bond acceptors (Lipinski definition) is 2. The highest BCUT2D eigenvalue weighted by atomic mass is 35.5. The predicted molar refractivity (Wildman–Crippen MR) is 68.3 cm³/mol. The average molecular weight is 281 g/mol. The van der Waals surface area contributed by atoms with Gasteiger partial charge in [-0.2, -0.15) is 13.2 Å². The molecule has 2 nitrogen and oxygen atoms in total. The van der Waals surface area contributed by atoms with Gasteiger partial charge in [0.2, 0.25) is 0 Å². The average Bonchev–Trinajstić information content (AvgIpc) is 2.25. The molecule has 1 atom stereocenters. The van der Waals surface area contributed by atoms with E-state index in [1.165, 1.54) is 7.05 Å². The van der Waals surface area contributed by atoms with Crippen LogP contribution in [0, 0.1) is 0 Å². The summed E-state index contributed by atoms with van der Waals surface area (Å²) in [6.07, 6.45) is -4.24. The van der Waals surface area contributed by atoms with Crippen molar-refractivity contribution in [3.05, 3.63) is 28.8 Å². The molecule has 6 heteroatoms. The summed E-state index contributed by atoms with van der Waals surface area (Å²) in [4.78, 5) is 1.09. The molecule has 0 fully saturated rings. The van der Waals surface area contributed by atoms with E-state index in [9.17, 15) is 13.2 Å². The quantitative estimate of drug-likeness (QED) is 0.906. The van der Waals surface area contributed by atoms with Crippen LogP contribution in [0.4, 0.5) is 18.9 Å². The first-order chi connectivity index (χ1) is 8.24. The number of nitrogens with one attached hydrogen (secondary N) is 1. The van der Waals surface area contributed by atoms with Crippen molar-refractivity contribution in [3.63, 3.8) is 0 Å². The molecule has 0 amide bonds. The third kappa shape index (κ3) is 4.07. The van der Waals surface area contributed by atoms with Gasteiger partial charge >= 0.3 is 6.18 Å². The Labute approximate surface area is 110 Å². The fourth-order valence-electron chi connectivity index (χ4n) is 1.62. The summed E-state index contributed by atoms with van der Waals surface area (Å²) in [6, 6.07) is 5.17. The molecular weight excluding hydrogens is 265 g/mol. The summed E-state index contributed by atoms with van der Waals surface area (Å²) in [5.41, 5.74) is 1.31. The lowest BCUT2D eigenvalue weighted by atomic mass is 10.1. The minimum atomic E-state index is -4.24. The summed E-state index contributed by atoms with van der Waals surface area (Å²) >= 11 is 6.02. The normalized spacial score (nSPS) is 13.5. The second-order valence-electron chi connectivity index (χ2n) is 4.19. The van der Waals surface area contributed by atoms with Crippen LogP contribution in [0.1, 0.15) is 18.5 Å². The van der Waals surface area contributed by atoms with Crippen LogP contribution >= 0.6 is 11.6 Å². The molecule has 1 N–H and O–H groups in total. The van der Waals surface area contributed by atoms with Gasteiger partial charge in [0, 0.05) is 13.1 Å². The van der Waals surface area contributed by atoms with Crippen LogP contribution in [0.3, 0.4) is 0 Å². The zero-order chi connectivity index (χ0) is 13.9. The number of nitrogens with zero attached hydrogens (tertiary/aromatic N) is 1. The van der Waals surface area contributed by atoms with Gasteiger partial charge in [-0.3, -0.25) is 0 Å². The topological polar surface area (TPSA) is 15.3 Å². The van der Waals surface area contributed by atoms with Crippen molar-refractivity contribution in [3.8, 4) is 0 Å². The van der Waals surface area contributed by atoms with Gasteiger partial charge in [0.05, 0.1) is 10.7 Å². The van der Waals surface area contributed by atoms with Gasteiger partial charge < -0.3 is 10.2 Å². The minimum absolute atomic E-state index is 0.101. The van der Waals surface area contributed by atoms with Gasteiger partial charge in [-0.15, -0.1) is 0 Å². The van der Waals surface area contributed by atoms with Gasteiger partial charge in [0.1, 0.15) is 6.54 Å². The van der Waals surface area contributed by atoms with Gasteiger partial charge in [0.15, 0.2) is 0 Å². The third-order valence-electron chi connectivity index (χ3n) is 2.73. The Bertz CT molecular complexity index is 407. The van der Waals surface area contributed by atoms with E-state index in [0.717, 1.165) is 10.5 Å².